The number of nitrogens with two attached hydrogens (primary N) is 1. The molecule has 0 saturated heterocycles. The second-order valence-corrected chi connectivity index (χ2v) is 4.51. The zero-order valence-corrected chi connectivity index (χ0v) is 11.9. The Hall–Kier alpha value is -3.42. The summed E-state index contributed by atoms with van der Waals surface area (Å²) in [4.78, 5) is 38.6. The van der Waals surface area contributed by atoms with Gasteiger partial charge in [0.1, 0.15) is 5.75 Å². The molecule has 0 fully saturated rings. The fraction of sp³-hybridized carbons (Fsp3) is 0.0667. The number of amides is 3. The molecule has 3 amide bonds. The molecule has 0 aliphatic rings. The van der Waals surface area contributed by atoms with Gasteiger partial charge in [0.25, 0.3) is 11.8 Å². The Morgan fingerprint density at radius 3 is 2.57 bits per heavy atom. The van der Waals surface area contributed by atoms with E-state index in [0.717, 1.165) is 0 Å². The van der Waals surface area contributed by atoms with Crippen molar-refractivity contribution < 1.29 is 19.5 Å². The number of rotatable bonds is 5. The molecule has 1 aromatic carbocycles. The van der Waals surface area contributed by atoms with Crippen LogP contribution in [0.4, 0.5) is 5.69 Å². The first-order valence-corrected chi connectivity index (χ1v) is 6.60. The van der Waals surface area contributed by atoms with Gasteiger partial charge in [-0.05, 0) is 24.3 Å². The van der Waals surface area contributed by atoms with Crippen molar-refractivity contribution in [2.45, 2.75) is 0 Å². The van der Waals surface area contributed by atoms with Crippen LogP contribution in [0.15, 0.2) is 42.6 Å². The number of carbonyl (C=O) groups is 3. The second-order valence-electron chi connectivity index (χ2n) is 4.51. The van der Waals surface area contributed by atoms with Crippen molar-refractivity contribution >= 4 is 23.4 Å². The highest BCUT2D eigenvalue weighted by molar-refractivity contribution is 6.04. The van der Waals surface area contributed by atoms with Crippen LogP contribution >= 0.6 is 0 Å². The van der Waals surface area contributed by atoms with Crippen LogP contribution in [0, 0.1) is 0 Å². The molecule has 2 aromatic rings. The quantitative estimate of drug-likeness (QED) is 0.627. The number of carbonyl (C=O) groups excluding carboxylic acids is 3. The maximum absolute atomic E-state index is 11.8. The van der Waals surface area contributed by atoms with Crippen LogP contribution in [-0.4, -0.2) is 34.4 Å². The molecule has 118 valence electrons. The van der Waals surface area contributed by atoms with E-state index < -0.39 is 17.7 Å². The van der Waals surface area contributed by atoms with Crippen molar-refractivity contribution in [2.24, 2.45) is 5.73 Å². The molecule has 1 heterocycles. The van der Waals surface area contributed by atoms with Crippen LogP contribution in [0.5, 0.6) is 5.75 Å². The molecule has 0 aliphatic carbocycles. The molecule has 2 rings (SSSR count). The lowest BCUT2D eigenvalue weighted by molar-refractivity contribution is -0.115. The van der Waals surface area contributed by atoms with Crippen LogP contribution in [0.1, 0.15) is 20.8 Å². The highest BCUT2D eigenvalue weighted by atomic mass is 16.3. The third kappa shape index (κ3) is 4.03. The Bertz CT molecular complexity index is 761. The molecule has 5 N–H and O–H groups in total. The highest BCUT2D eigenvalue weighted by Crippen LogP contribution is 2.14. The van der Waals surface area contributed by atoms with Crippen LogP contribution in [0.2, 0.25) is 0 Å². The van der Waals surface area contributed by atoms with E-state index >= 15 is 0 Å². The van der Waals surface area contributed by atoms with Crippen molar-refractivity contribution in [3.63, 3.8) is 0 Å². The smallest absolute Gasteiger partial charge is 0.274 e. The standard InChI is InChI=1S/C15H14N4O4/c16-14(22)9-4-1-2-5-10(9)19-12(21)8-18-15(23)13-11(20)6-3-7-17-13/h1-7,20H,8H2,(H2,16,22)(H,18,23)(H,19,21). The molecule has 0 saturated carbocycles. The summed E-state index contributed by atoms with van der Waals surface area (Å²) in [6.07, 6.45) is 1.35. The van der Waals surface area contributed by atoms with E-state index in [1.54, 1.807) is 12.1 Å². The van der Waals surface area contributed by atoms with Crippen molar-refractivity contribution in [3.8, 4) is 5.75 Å². The van der Waals surface area contributed by atoms with Crippen molar-refractivity contribution in [1.29, 1.82) is 0 Å². The highest BCUT2D eigenvalue weighted by Gasteiger charge is 2.14. The normalized spacial score (nSPS) is 9.91. The number of hydrogen-bond donors (Lipinski definition) is 4. The third-order valence-corrected chi connectivity index (χ3v) is 2.88. The summed E-state index contributed by atoms with van der Waals surface area (Å²) in [6, 6.07) is 9.02. The number of para-hydroxylation sites is 1. The first-order chi connectivity index (χ1) is 11.0. The SMILES string of the molecule is NC(=O)c1ccccc1NC(=O)CNC(=O)c1ncccc1O. The molecule has 0 radical (unpaired) electrons. The van der Waals surface area contributed by atoms with Gasteiger partial charge in [-0.1, -0.05) is 12.1 Å². The average molecular weight is 314 g/mol. The predicted molar refractivity (Wildman–Crippen MR) is 81.8 cm³/mol. The molecule has 8 nitrogen and oxygen atoms in total. The van der Waals surface area contributed by atoms with E-state index in [1.807, 2.05) is 0 Å². The first kappa shape index (κ1) is 16.0. The Labute approximate surface area is 131 Å². The van der Waals surface area contributed by atoms with Crippen LogP contribution < -0.4 is 16.4 Å². The molecule has 0 spiro atoms. The molecular weight excluding hydrogens is 300 g/mol. The van der Waals surface area contributed by atoms with Gasteiger partial charge in [-0.3, -0.25) is 14.4 Å². The van der Waals surface area contributed by atoms with Crippen molar-refractivity contribution in [2.75, 3.05) is 11.9 Å². The monoisotopic (exact) mass is 314 g/mol. The number of aromatic nitrogens is 1. The Kier molecular flexibility index (Phi) is 4.88. The van der Waals surface area contributed by atoms with Crippen LogP contribution in [-0.2, 0) is 4.79 Å². The Balaban J connectivity index is 1.97. The minimum Gasteiger partial charge on any atom is -0.505 e. The van der Waals surface area contributed by atoms with Gasteiger partial charge in [-0.15, -0.1) is 0 Å². The number of pyridine rings is 1. The fourth-order valence-electron chi connectivity index (χ4n) is 1.82. The number of hydrogen-bond acceptors (Lipinski definition) is 5. The number of nitrogens with one attached hydrogen (secondary N) is 2. The summed E-state index contributed by atoms with van der Waals surface area (Å²) in [5.41, 5.74) is 5.44. The number of benzene rings is 1. The second kappa shape index (κ2) is 7.03. The Morgan fingerprint density at radius 2 is 1.87 bits per heavy atom. The molecule has 8 heteroatoms. The number of aromatic hydroxyl groups is 1. The van der Waals surface area contributed by atoms with Gasteiger partial charge in [0.2, 0.25) is 5.91 Å². The lowest BCUT2D eigenvalue weighted by atomic mass is 10.1. The average Bonchev–Trinajstić information content (AvgIpc) is 2.53. The van der Waals surface area contributed by atoms with Gasteiger partial charge in [-0.2, -0.15) is 0 Å². The molecule has 23 heavy (non-hydrogen) atoms. The van der Waals surface area contributed by atoms with Gasteiger partial charge in [0, 0.05) is 6.20 Å². The summed E-state index contributed by atoms with van der Waals surface area (Å²) in [5, 5.41) is 14.3. The number of nitrogens with zero attached hydrogens (tertiary/aromatic N) is 1. The van der Waals surface area contributed by atoms with Crippen LogP contribution in [0.25, 0.3) is 0 Å². The van der Waals surface area contributed by atoms with Crippen molar-refractivity contribution in [1.82, 2.24) is 10.3 Å². The molecule has 0 atom stereocenters. The summed E-state index contributed by atoms with van der Waals surface area (Å²) in [6.45, 7) is -0.359. The van der Waals surface area contributed by atoms with Crippen LogP contribution in [0.3, 0.4) is 0 Å². The molecule has 0 unspecified atom stereocenters. The summed E-state index contributed by atoms with van der Waals surface area (Å²) < 4.78 is 0. The van der Waals surface area contributed by atoms with Gasteiger partial charge < -0.3 is 21.5 Å². The lowest BCUT2D eigenvalue weighted by Gasteiger charge is -2.09. The van der Waals surface area contributed by atoms with Gasteiger partial charge in [-0.25, -0.2) is 4.98 Å². The van der Waals surface area contributed by atoms with Gasteiger partial charge >= 0.3 is 0 Å². The van der Waals surface area contributed by atoms with Gasteiger partial charge in [0.05, 0.1) is 17.8 Å². The fourth-order valence-corrected chi connectivity index (χ4v) is 1.82. The minimum atomic E-state index is -0.693. The minimum absolute atomic E-state index is 0.162. The maximum atomic E-state index is 11.8. The van der Waals surface area contributed by atoms with E-state index in [-0.39, 0.29) is 29.2 Å². The molecule has 1 aromatic heterocycles. The Morgan fingerprint density at radius 1 is 1.13 bits per heavy atom. The third-order valence-electron chi connectivity index (χ3n) is 2.88. The zero-order chi connectivity index (χ0) is 16.8. The molecule has 0 aliphatic heterocycles. The number of anilines is 1. The van der Waals surface area contributed by atoms with E-state index in [4.69, 9.17) is 5.73 Å². The molecule has 0 bridgehead atoms. The first-order valence-electron chi connectivity index (χ1n) is 6.60. The maximum Gasteiger partial charge on any atom is 0.274 e. The largest absolute Gasteiger partial charge is 0.505 e. The van der Waals surface area contributed by atoms with E-state index in [2.05, 4.69) is 15.6 Å². The zero-order valence-electron chi connectivity index (χ0n) is 11.9. The van der Waals surface area contributed by atoms with E-state index in [0.29, 0.717) is 0 Å². The molecular formula is C15H14N4O4. The predicted octanol–water partition coefficient (Wildman–Crippen LogP) is 0.255. The number of primary amides is 1. The van der Waals surface area contributed by atoms with Crippen molar-refractivity contribution in [3.05, 3.63) is 53.9 Å². The summed E-state index contributed by atoms with van der Waals surface area (Å²) in [7, 11) is 0. The topological polar surface area (TPSA) is 134 Å². The van der Waals surface area contributed by atoms with E-state index in [1.165, 1.54) is 30.5 Å². The van der Waals surface area contributed by atoms with Gasteiger partial charge in [0.15, 0.2) is 5.69 Å². The lowest BCUT2D eigenvalue weighted by Crippen LogP contribution is -2.33. The van der Waals surface area contributed by atoms with E-state index in [9.17, 15) is 19.5 Å². The summed E-state index contributed by atoms with van der Waals surface area (Å²) >= 11 is 0. The summed E-state index contributed by atoms with van der Waals surface area (Å²) in [5.74, 6) is -2.21.